The van der Waals surface area contributed by atoms with E-state index < -0.39 is 11.6 Å². The number of esters is 1. The summed E-state index contributed by atoms with van der Waals surface area (Å²) in [6, 6.07) is 1.70. The Kier molecular flexibility index (Phi) is 49.5. The topological polar surface area (TPSA) is 80.3 Å². The second-order valence-electron chi connectivity index (χ2n) is 23.3. The third kappa shape index (κ3) is 42.6. The molecule has 0 radical (unpaired) electrons. The molecule has 7 heteroatoms. The van der Waals surface area contributed by atoms with Crippen molar-refractivity contribution in [2.45, 2.75) is 355 Å². The van der Waals surface area contributed by atoms with Crippen LogP contribution in [-0.2, 0) is 9.53 Å². The summed E-state index contributed by atoms with van der Waals surface area (Å²) in [6.45, 7) is 13.9. The Morgan fingerprint density at radius 2 is 0.622 bits per heavy atom. The van der Waals surface area contributed by atoms with Crippen LogP contribution in [0.2, 0.25) is 0 Å². The molecule has 0 aliphatic carbocycles. The van der Waals surface area contributed by atoms with Crippen LogP contribution >= 0.6 is 0 Å². The molecule has 7 nitrogen and oxygen atoms in total. The number of carbonyl (C=O) groups excluding carboxylic acids is 2. The van der Waals surface area contributed by atoms with Crippen LogP contribution in [0.25, 0.3) is 0 Å². The Labute approximate surface area is 460 Å². The van der Waals surface area contributed by atoms with Crippen LogP contribution in [-0.4, -0.2) is 44.3 Å². The molecule has 0 fully saturated rings. The van der Waals surface area contributed by atoms with Crippen LogP contribution < -0.4 is 18.9 Å². The Morgan fingerprint density at radius 1 is 0.365 bits per heavy atom. The van der Waals surface area contributed by atoms with Gasteiger partial charge in [0.25, 0.3) is 0 Å². The number of ether oxygens (including phenoxy) is 5. The summed E-state index contributed by atoms with van der Waals surface area (Å²) in [5.74, 6) is 1.04. The van der Waals surface area contributed by atoms with Crippen LogP contribution in [0.5, 0.6) is 23.0 Å². The predicted octanol–water partition coefficient (Wildman–Crippen LogP) is 22.1. The van der Waals surface area contributed by atoms with Gasteiger partial charge in [-0.3, -0.25) is 4.79 Å². The first kappa shape index (κ1) is 69.6. The highest BCUT2D eigenvalue weighted by molar-refractivity contribution is 5.95. The highest BCUT2D eigenvalue weighted by atomic mass is 16.6. The molecular weight excluding hydrogens is 917 g/mol. The van der Waals surface area contributed by atoms with Crippen LogP contribution in [0.4, 0.5) is 0 Å². The minimum Gasteiger partial charge on any atom is -0.490 e. The lowest BCUT2D eigenvalue weighted by atomic mass is 10.0. The maximum Gasteiger partial charge on any atom is 0.342 e. The highest BCUT2D eigenvalue weighted by Gasteiger charge is 2.31. The normalized spacial score (nSPS) is 11.6. The fraction of sp³-hybridized carbons (Fsp3) is 0.881. The molecule has 0 spiro atoms. The first-order valence-electron chi connectivity index (χ1n) is 32.7. The smallest absolute Gasteiger partial charge is 0.342 e. The van der Waals surface area contributed by atoms with Gasteiger partial charge < -0.3 is 23.7 Å². The van der Waals surface area contributed by atoms with Gasteiger partial charge in [0, 0.05) is 6.07 Å². The molecule has 0 amide bonds. The zero-order valence-electron chi connectivity index (χ0n) is 50.3. The quantitative estimate of drug-likeness (QED) is 0.0365. The predicted molar refractivity (Wildman–Crippen MR) is 318 cm³/mol. The Hall–Kier alpha value is -2.44. The van der Waals surface area contributed by atoms with E-state index in [2.05, 4.69) is 20.8 Å². The minimum atomic E-state index is -0.646. The lowest BCUT2D eigenvalue weighted by Gasteiger charge is -2.27. The molecule has 1 aromatic rings. The number of hydrogen-bond donors (Lipinski definition) is 0. The molecule has 0 unspecified atom stereocenters. The lowest BCUT2D eigenvalue weighted by Crippen LogP contribution is -2.25. The van der Waals surface area contributed by atoms with Gasteiger partial charge in [-0.15, -0.1) is 0 Å². The van der Waals surface area contributed by atoms with Gasteiger partial charge in [0.1, 0.15) is 17.8 Å². The summed E-state index contributed by atoms with van der Waals surface area (Å²) in [5.41, 5.74) is -0.451. The molecule has 0 bridgehead atoms. The first-order valence-corrected chi connectivity index (χ1v) is 32.7. The number of aldehydes is 1. The summed E-state index contributed by atoms with van der Waals surface area (Å²) < 4.78 is 31.9. The first-order chi connectivity index (χ1) is 36.3. The summed E-state index contributed by atoms with van der Waals surface area (Å²) in [5, 5.41) is 0. The van der Waals surface area contributed by atoms with E-state index in [0.717, 1.165) is 38.5 Å². The molecule has 0 heterocycles. The van der Waals surface area contributed by atoms with E-state index in [1.54, 1.807) is 6.07 Å². The summed E-state index contributed by atoms with van der Waals surface area (Å²) in [6.07, 6.45) is 63.5. The monoisotopic (exact) mass is 1040 g/mol. The van der Waals surface area contributed by atoms with Crippen LogP contribution in [0.15, 0.2) is 6.07 Å². The summed E-state index contributed by atoms with van der Waals surface area (Å²) >= 11 is 0. The van der Waals surface area contributed by atoms with E-state index in [0.29, 0.717) is 49.1 Å². The molecule has 434 valence electrons. The minimum absolute atomic E-state index is 0.195. The average molecular weight is 1040 g/mol. The third-order valence-corrected chi connectivity index (χ3v) is 14.8. The molecule has 0 aromatic heterocycles. The molecular formula is C67H124O7. The molecule has 0 saturated heterocycles. The number of benzene rings is 1. The molecule has 1 aromatic carbocycles. The fourth-order valence-corrected chi connectivity index (χ4v) is 10.2. The fourth-order valence-electron chi connectivity index (χ4n) is 10.2. The van der Waals surface area contributed by atoms with Crippen LogP contribution in [0, 0.1) is 0 Å². The van der Waals surface area contributed by atoms with E-state index in [4.69, 9.17) is 23.7 Å². The van der Waals surface area contributed by atoms with Crippen LogP contribution in [0.3, 0.4) is 0 Å². The number of carbonyl (C=O) groups is 2. The SMILES string of the molecule is CCCCCCCCCCCCCCCCCCOc1cc(C(=O)OCC=O)c(OC(C)(C)C)c(OCCCCCCCCCCCCCCCCCC)c1OCCCCCCCCCCCCCCCCCC. The number of unbranched alkanes of at least 4 members (excludes halogenated alkanes) is 45. The van der Waals surface area contributed by atoms with E-state index in [9.17, 15) is 9.59 Å². The van der Waals surface area contributed by atoms with Crippen molar-refractivity contribution in [1.29, 1.82) is 0 Å². The van der Waals surface area contributed by atoms with Gasteiger partial charge in [-0.05, 0) is 40.0 Å². The van der Waals surface area contributed by atoms with Crippen molar-refractivity contribution in [2.24, 2.45) is 0 Å². The molecule has 0 N–H and O–H groups in total. The zero-order chi connectivity index (χ0) is 53.7. The van der Waals surface area contributed by atoms with Gasteiger partial charge in [0.15, 0.2) is 17.8 Å². The molecule has 0 saturated carbocycles. The van der Waals surface area contributed by atoms with Gasteiger partial charge in [-0.2, -0.15) is 0 Å². The second-order valence-corrected chi connectivity index (χ2v) is 23.3. The molecule has 74 heavy (non-hydrogen) atoms. The van der Waals surface area contributed by atoms with E-state index >= 15 is 0 Å². The summed E-state index contributed by atoms with van der Waals surface area (Å²) in [4.78, 5) is 25.1. The van der Waals surface area contributed by atoms with Gasteiger partial charge in [0.2, 0.25) is 11.5 Å². The number of rotatable bonds is 58. The molecule has 0 aliphatic heterocycles. The van der Waals surface area contributed by atoms with Crippen molar-refractivity contribution in [2.75, 3.05) is 26.4 Å². The zero-order valence-corrected chi connectivity index (χ0v) is 50.3. The third-order valence-electron chi connectivity index (χ3n) is 14.8. The van der Waals surface area contributed by atoms with Gasteiger partial charge >= 0.3 is 5.97 Å². The Morgan fingerprint density at radius 3 is 0.892 bits per heavy atom. The molecule has 0 aliphatic rings. The Balaban J connectivity index is 2.88. The molecule has 0 atom stereocenters. The van der Waals surface area contributed by atoms with Crippen LogP contribution in [0.1, 0.15) is 360 Å². The van der Waals surface area contributed by atoms with Gasteiger partial charge in [-0.1, -0.05) is 310 Å². The lowest BCUT2D eigenvalue weighted by molar-refractivity contribution is -0.110. The largest absolute Gasteiger partial charge is 0.490 e. The molecule has 1 rings (SSSR count). The number of hydrogen-bond acceptors (Lipinski definition) is 7. The second kappa shape index (κ2) is 52.6. The maximum atomic E-state index is 13.7. The Bertz CT molecular complexity index is 1370. The average Bonchev–Trinajstić information content (AvgIpc) is 3.38. The summed E-state index contributed by atoms with van der Waals surface area (Å²) in [7, 11) is 0. The van der Waals surface area contributed by atoms with E-state index in [1.165, 1.54) is 270 Å². The van der Waals surface area contributed by atoms with Gasteiger partial charge in [0.05, 0.1) is 19.8 Å². The van der Waals surface area contributed by atoms with E-state index in [-0.39, 0.29) is 12.2 Å². The van der Waals surface area contributed by atoms with Gasteiger partial charge in [-0.25, -0.2) is 4.79 Å². The van der Waals surface area contributed by atoms with Crippen molar-refractivity contribution >= 4 is 12.3 Å². The van der Waals surface area contributed by atoms with E-state index in [1.807, 2.05) is 20.8 Å². The highest BCUT2D eigenvalue weighted by Crippen LogP contribution is 2.49. The van der Waals surface area contributed by atoms with Crippen molar-refractivity contribution in [3.8, 4) is 23.0 Å². The van der Waals surface area contributed by atoms with Crippen molar-refractivity contribution < 1.29 is 33.3 Å². The van der Waals surface area contributed by atoms with Crippen molar-refractivity contribution in [3.63, 3.8) is 0 Å². The van der Waals surface area contributed by atoms with Crippen molar-refractivity contribution in [3.05, 3.63) is 11.6 Å². The standard InChI is InChI=1S/C67H124O7/c1-7-10-13-16-19-22-25-28-31-34-37-40-43-46-49-52-56-70-62-60-61(66(69)73-59-55-68)63(74-67(4,5)6)65(72-58-54-51-48-45-42-39-36-33-30-27-24-21-18-15-12-9-3)64(62)71-57-53-50-47-44-41-38-35-32-29-26-23-20-17-14-11-8-2/h55,60H,7-54,56-59H2,1-6H3. The maximum absolute atomic E-state index is 13.7. The van der Waals surface area contributed by atoms with Crippen molar-refractivity contribution in [1.82, 2.24) is 0 Å².